The molecule has 0 radical (unpaired) electrons. The van der Waals surface area contributed by atoms with Crippen molar-refractivity contribution in [3.05, 3.63) is 101 Å². The van der Waals surface area contributed by atoms with Crippen LogP contribution in [0.2, 0.25) is 0 Å². The highest BCUT2D eigenvalue weighted by molar-refractivity contribution is 5.88. The zero-order chi connectivity index (χ0) is 49.5. The summed E-state index contributed by atoms with van der Waals surface area (Å²) in [5.41, 5.74) is 1.79. The molecule has 69 heavy (non-hydrogen) atoms. The van der Waals surface area contributed by atoms with E-state index in [1.165, 1.54) is 9.25 Å². The first-order valence-electron chi connectivity index (χ1n) is 24.2. The smallest absolute Gasteiger partial charge is 0.428 e. The number of carbonyl (C=O) groups excluding carboxylic acids is 4. The minimum absolute atomic E-state index is 0.131. The van der Waals surface area contributed by atoms with Gasteiger partial charge in [-0.2, -0.15) is 5.10 Å². The van der Waals surface area contributed by atoms with Crippen molar-refractivity contribution in [2.45, 2.75) is 122 Å². The summed E-state index contributed by atoms with van der Waals surface area (Å²) in [7, 11) is 2.16. The Labute approximate surface area is 404 Å². The monoisotopic (exact) mass is 951 g/mol. The number of aromatic nitrogens is 3. The number of nitrogens with one attached hydrogen (secondary N) is 1. The van der Waals surface area contributed by atoms with Crippen molar-refractivity contribution >= 4 is 46.1 Å². The Kier molecular flexibility index (Phi) is 16.2. The molecule has 0 bridgehead atoms. The van der Waals surface area contributed by atoms with E-state index in [-0.39, 0.29) is 43.3 Å². The molecule has 0 aliphatic carbocycles. The number of pyridine rings is 1. The lowest BCUT2D eigenvalue weighted by Gasteiger charge is -2.43. The fraction of sp³-hybridized carbons (Fsp3) is 0.538. The molecule has 3 amide bonds. The highest BCUT2D eigenvalue weighted by Crippen LogP contribution is 2.29. The SMILES string of the molecule is C=CCC(C)(C)OC(=O)OCn1cc2cc(C[C@@H](NC(=O)N3CCC(c4cc5ccccc5n(COC(=O)OC(C)(C)CC=C)c4=O)CC3)C(=O)N3CCN(C4CCN(C)CC4)CC3)cc(C)c2n1. The Hall–Kier alpha value is -6.20. The zero-order valence-electron chi connectivity index (χ0n) is 41.2. The Morgan fingerprint density at radius 2 is 1.42 bits per heavy atom. The Morgan fingerprint density at radius 3 is 2.06 bits per heavy atom. The number of hydrogen-bond donors (Lipinski definition) is 1. The van der Waals surface area contributed by atoms with Gasteiger partial charge in [0.15, 0.2) is 13.5 Å². The topological polar surface area (TPSA) is 170 Å². The summed E-state index contributed by atoms with van der Waals surface area (Å²) in [6, 6.07) is 12.6. The number of likely N-dealkylation sites (tertiary alicyclic amines) is 2. The molecule has 2 aromatic heterocycles. The van der Waals surface area contributed by atoms with Gasteiger partial charge in [0.1, 0.15) is 17.2 Å². The van der Waals surface area contributed by atoms with Crippen LogP contribution in [-0.2, 0) is 43.6 Å². The van der Waals surface area contributed by atoms with Gasteiger partial charge in [-0.1, -0.05) is 36.4 Å². The molecule has 5 heterocycles. The van der Waals surface area contributed by atoms with E-state index < -0.39 is 29.6 Å². The van der Waals surface area contributed by atoms with Crippen LogP contribution in [0.15, 0.2) is 78.8 Å². The number of ether oxygens (including phenoxy) is 4. The minimum Gasteiger partial charge on any atom is -0.428 e. The standard InChI is InChI=1S/C52H70N8O9/c1-9-19-51(4,5)68-49(64)66-34-59-33-40-30-37(29-36(3)45(40)54-59)31-43(47(62)57-27-25-56(26-28-57)41-17-21-55(8)22-18-41)53-48(63)58-23-15-38(16-24-58)42-32-39-13-11-12-14-44(39)60(46(42)61)35-67-50(65)69-52(6,7)20-10-2/h9-14,29-30,32-33,38,41,43H,1-2,15-28,31,34-35H2,3-8H3,(H,53,63)/t43-/m1/s1. The van der Waals surface area contributed by atoms with Gasteiger partial charge >= 0.3 is 18.3 Å². The number of para-hydroxylation sites is 1. The fourth-order valence-electron chi connectivity index (χ4n) is 9.87. The van der Waals surface area contributed by atoms with Crippen molar-refractivity contribution < 1.29 is 38.1 Å². The normalized spacial score (nSPS) is 17.4. The largest absolute Gasteiger partial charge is 0.510 e. The molecule has 7 rings (SSSR count). The van der Waals surface area contributed by atoms with E-state index in [9.17, 15) is 24.0 Å². The van der Waals surface area contributed by atoms with Crippen molar-refractivity contribution in [1.82, 2.24) is 39.3 Å². The zero-order valence-corrected chi connectivity index (χ0v) is 41.2. The summed E-state index contributed by atoms with van der Waals surface area (Å²) in [5.74, 6) is -0.293. The Bertz CT molecular complexity index is 2560. The predicted octanol–water partition coefficient (Wildman–Crippen LogP) is 7.33. The maximum atomic E-state index is 14.6. The number of carbonyl (C=O) groups is 4. The number of amides is 3. The molecule has 1 N–H and O–H groups in total. The summed E-state index contributed by atoms with van der Waals surface area (Å²) < 4.78 is 24.8. The Morgan fingerprint density at radius 1 is 0.797 bits per heavy atom. The van der Waals surface area contributed by atoms with Crippen molar-refractivity contribution in [2.24, 2.45) is 0 Å². The second-order valence-corrected chi connectivity index (χ2v) is 20.0. The molecular formula is C52H70N8O9. The first-order valence-corrected chi connectivity index (χ1v) is 24.2. The molecule has 0 saturated carbocycles. The molecule has 3 aliphatic rings. The molecule has 3 aliphatic heterocycles. The number of piperazine rings is 1. The third kappa shape index (κ3) is 12.9. The number of urea groups is 1. The van der Waals surface area contributed by atoms with Crippen LogP contribution in [0.5, 0.6) is 0 Å². The van der Waals surface area contributed by atoms with E-state index in [0.29, 0.717) is 69.0 Å². The van der Waals surface area contributed by atoms with E-state index in [1.807, 2.05) is 54.3 Å². The lowest BCUT2D eigenvalue weighted by atomic mass is 9.89. The van der Waals surface area contributed by atoms with Crippen molar-refractivity contribution in [3.63, 3.8) is 0 Å². The number of hydrogen-bond acceptors (Lipinski definition) is 12. The van der Waals surface area contributed by atoms with Crippen LogP contribution in [0.3, 0.4) is 0 Å². The highest BCUT2D eigenvalue weighted by atomic mass is 16.7. The third-order valence-electron chi connectivity index (χ3n) is 13.6. The van der Waals surface area contributed by atoms with Crippen LogP contribution in [0.1, 0.15) is 88.8 Å². The second-order valence-electron chi connectivity index (χ2n) is 20.0. The van der Waals surface area contributed by atoms with Gasteiger partial charge in [0.25, 0.3) is 5.56 Å². The van der Waals surface area contributed by atoms with E-state index in [4.69, 9.17) is 18.9 Å². The quantitative estimate of drug-likeness (QED) is 0.0878. The molecule has 3 fully saturated rings. The fourth-order valence-corrected chi connectivity index (χ4v) is 9.87. The molecular weight excluding hydrogens is 881 g/mol. The molecule has 0 unspecified atom stereocenters. The van der Waals surface area contributed by atoms with E-state index in [1.54, 1.807) is 50.9 Å². The van der Waals surface area contributed by atoms with Crippen LogP contribution < -0.4 is 10.9 Å². The van der Waals surface area contributed by atoms with Crippen molar-refractivity contribution in [1.29, 1.82) is 0 Å². The molecule has 17 nitrogen and oxygen atoms in total. The van der Waals surface area contributed by atoms with Crippen LogP contribution in [-0.4, -0.2) is 141 Å². The van der Waals surface area contributed by atoms with Crippen LogP contribution in [0.25, 0.3) is 21.8 Å². The second kappa shape index (κ2) is 22.0. The van der Waals surface area contributed by atoms with Gasteiger partial charge in [0, 0.05) is 81.7 Å². The lowest BCUT2D eigenvalue weighted by Crippen LogP contribution is -2.59. The van der Waals surface area contributed by atoms with Crippen molar-refractivity contribution in [3.8, 4) is 0 Å². The highest BCUT2D eigenvalue weighted by Gasteiger charge is 2.34. The Balaban J connectivity index is 1.04. The average Bonchev–Trinajstić information content (AvgIpc) is 3.73. The lowest BCUT2D eigenvalue weighted by molar-refractivity contribution is -0.135. The number of benzene rings is 2. The number of fused-ring (bicyclic) bond motifs is 2. The van der Waals surface area contributed by atoms with Crippen LogP contribution in [0.4, 0.5) is 14.4 Å². The molecule has 17 heteroatoms. The number of piperidine rings is 2. The summed E-state index contributed by atoms with van der Waals surface area (Å²) >= 11 is 0. The van der Waals surface area contributed by atoms with Gasteiger partial charge < -0.3 is 39.0 Å². The number of nitrogens with zero attached hydrogens (tertiary/aromatic N) is 7. The van der Waals surface area contributed by atoms with Gasteiger partial charge in [-0.05, 0) is 121 Å². The molecule has 0 spiro atoms. The molecule has 4 aromatic rings. The first-order chi connectivity index (χ1) is 32.9. The van der Waals surface area contributed by atoms with Crippen LogP contribution >= 0.6 is 0 Å². The first kappa shape index (κ1) is 50.7. The van der Waals surface area contributed by atoms with Gasteiger partial charge in [-0.25, -0.2) is 19.1 Å². The number of aryl methyl sites for hydroxylation is 1. The summed E-state index contributed by atoms with van der Waals surface area (Å²) in [6.45, 7) is 21.5. The third-order valence-corrected chi connectivity index (χ3v) is 13.6. The maximum absolute atomic E-state index is 14.6. The maximum Gasteiger partial charge on any atom is 0.510 e. The molecule has 372 valence electrons. The molecule has 2 aromatic carbocycles. The van der Waals surface area contributed by atoms with Gasteiger partial charge in [-0.3, -0.25) is 19.1 Å². The van der Waals surface area contributed by atoms with Gasteiger partial charge in [0.2, 0.25) is 5.91 Å². The molecule has 1 atom stereocenters. The summed E-state index contributed by atoms with van der Waals surface area (Å²) in [5, 5.41) is 9.41. The predicted molar refractivity (Wildman–Crippen MR) is 264 cm³/mol. The van der Waals surface area contributed by atoms with Gasteiger partial charge in [-0.15, -0.1) is 13.2 Å². The van der Waals surface area contributed by atoms with Crippen molar-refractivity contribution in [2.75, 3.05) is 59.4 Å². The van der Waals surface area contributed by atoms with Crippen LogP contribution in [0, 0.1) is 6.92 Å². The summed E-state index contributed by atoms with van der Waals surface area (Å²) in [6.07, 6.45) is 7.85. The van der Waals surface area contributed by atoms with Gasteiger partial charge in [0.05, 0.1) is 11.0 Å². The minimum atomic E-state index is -0.883. The average molecular weight is 951 g/mol. The van der Waals surface area contributed by atoms with E-state index >= 15 is 0 Å². The molecule has 3 saturated heterocycles. The number of rotatable bonds is 16. The summed E-state index contributed by atoms with van der Waals surface area (Å²) in [4.78, 5) is 76.7. The van der Waals surface area contributed by atoms with E-state index in [0.717, 1.165) is 66.4 Å². The van der Waals surface area contributed by atoms with E-state index in [2.05, 4.69) is 40.4 Å².